The summed E-state index contributed by atoms with van der Waals surface area (Å²) in [4.78, 5) is 25.9. The van der Waals surface area contributed by atoms with E-state index in [1.54, 1.807) is 13.0 Å². The molecule has 1 aliphatic heterocycles. The van der Waals surface area contributed by atoms with Gasteiger partial charge in [0.05, 0.1) is 11.5 Å². The van der Waals surface area contributed by atoms with E-state index in [-0.39, 0.29) is 23.1 Å². The highest BCUT2D eigenvalue weighted by atomic mass is 32.2. The molecule has 1 aromatic carbocycles. The van der Waals surface area contributed by atoms with E-state index in [4.69, 9.17) is 9.15 Å². The summed E-state index contributed by atoms with van der Waals surface area (Å²) in [7, 11) is -3.12. The van der Waals surface area contributed by atoms with Crippen molar-refractivity contribution >= 4 is 21.7 Å². The number of likely N-dealkylation sites (N-methyl/N-ethyl adjacent to an activating group) is 1. The third-order valence-corrected chi connectivity index (χ3v) is 6.32. The van der Waals surface area contributed by atoms with E-state index >= 15 is 0 Å². The minimum Gasteiger partial charge on any atom is -0.450 e. The fourth-order valence-electron chi connectivity index (χ4n) is 3.16. The highest BCUT2D eigenvalue weighted by Crippen LogP contribution is 2.23. The minimum absolute atomic E-state index is 0.0553. The third kappa shape index (κ3) is 4.59. The van der Waals surface area contributed by atoms with Crippen LogP contribution < -0.4 is 0 Å². The maximum Gasteiger partial charge on any atom is 0.374 e. The van der Waals surface area contributed by atoms with Crippen LogP contribution in [-0.2, 0) is 19.4 Å². The molecule has 0 saturated carbocycles. The van der Waals surface area contributed by atoms with Crippen LogP contribution in [-0.4, -0.2) is 55.9 Å². The van der Waals surface area contributed by atoms with E-state index in [2.05, 4.69) is 0 Å². The Bertz CT molecular complexity index is 967. The Kier molecular flexibility index (Phi) is 5.83. The molecule has 2 heterocycles. The molecule has 1 aromatic heterocycles. The lowest BCUT2D eigenvalue weighted by Gasteiger charge is -2.26. The zero-order valence-corrected chi connectivity index (χ0v) is 16.1. The lowest BCUT2D eigenvalue weighted by molar-refractivity contribution is -0.136. The number of carbonyl (C=O) groups excluding carboxylic acids is 2. The number of hydrogen-bond acceptors (Lipinski definition) is 6. The zero-order valence-electron chi connectivity index (χ0n) is 15.3. The van der Waals surface area contributed by atoms with E-state index in [0.717, 1.165) is 0 Å². The van der Waals surface area contributed by atoms with Crippen molar-refractivity contribution in [3.8, 4) is 11.3 Å². The van der Waals surface area contributed by atoms with Gasteiger partial charge in [0.15, 0.2) is 16.4 Å². The Hall–Kier alpha value is -2.68. The summed E-state index contributed by atoms with van der Waals surface area (Å²) in [6.45, 7) is 1.56. The van der Waals surface area contributed by atoms with Crippen molar-refractivity contribution < 1.29 is 31.6 Å². The van der Waals surface area contributed by atoms with Gasteiger partial charge in [-0.1, -0.05) is 0 Å². The number of rotatable bonds is 6. The molecule has 7 nitrogen and oxygen atoms in total. The normalized spacial score (nSPS) is 18.0. The van der Waals surface area contributed by atoms with E-state index < -0.39 is 34.4 Å². The molecular formula is C19H20FNO6S. The van der Waals surface area contributed by atoms with Crippen LogP contribution in [0.4, 0.5) is 4.39 Å². The molecule has 1 fully saturated rings. The number of furan rings is 1. The van der Waals surface area contributed by atoms with Gasteiger partial charge in [0.25, 0.3) is 5.91 Å². The number of sulfone groups is 1. The summed E-state index contributed by atoms with van der Waals surface area (Å²) in [5.74, 6) is -1.38. The number of hydrogen-bond donors (Lipinski definition) is 0. The van der Waals surface area contributed by atoms with Crippen molar-refractivity contribution in [1.82, 2.24) is 4.90 Å². The average Bonchev–Trinajstić information content (AvgIpc) is 3.28. The maximum absolute atomic E-state index is 13.0. The molecule has 0 radical (unpaired) electrons. The summed E-state index contributed by atoms with van der Waals surface area (Å²) in [5, 5.41) is 0. The van der Waals surface area contributed by atoms with E-state index in [1.165, 1.54) is 35.2 Å². The zero-order chi connectivity index (χ0) is 20.3. The number of amides is 1. The van der Waals surface area contributed by atoms with Gasteiger partial charge in [-0.05, 0) is 49.7 Å². The predicted octanol–water partition coefficient (Wildman–Crippen LogP) is 2.28. The molecule has 1 saturated heterocycles. The van der Waals surface area contributed by atoms with Crippen LogP contribution in [0.1, 0.15) is 23.9 Å². The molecule has 0 aliphatic carbocycles. The number of halogens is 1. The van der Waals surface area contributed by atoms with Crippen molar-refractivity contribution in [3.05, 3.63) is 48.0 Å². The Balaban J connectivity index is 1.59. The monoisotopic (exact) mass is 409 g/mol. The molecule has 1 aliphatic rings. The van der Waals surface area contributed by atoms with Crippen LogP contribution >= 0.6 is 0 Å². The van der Waals surface area contributed by atoms with Crippen LogP contribution in [0, 0.1) is 5.82 Å². The Morgan fingerprint density at radius 2 is 1.93 bits per heavy atom. The van der Waals surface area contributed by atoms with Gasteiger partial charge in [0.1, 0.15) is 11.6 Å². The smallest absolute Gasteiger partial charge is 0.374 e. The largest absolute Gasteiger partial charge is 0.450 e. The van der Waals surface area contributed by atoms with Crippen molar-refractivity contribution in [3.63, 3.8) is 0 Å². The quantitative estimate of drug-likeness (QED) is 0.680. The van der Waals surface area contributed by atoms with Gasteiger partial charge in [-0.2, -0.15) is 0 Å². The SMILES string of the molecule is CCN(C(=O)COC(=O)c1ccc(-c2ccc(F)cc2)o1)C1CCS(=O)(=O)C1. The third-order valence-electron chi connectivity index (χ3n) is 4.57. The van der Waals surface area contributed by atoms with Gasteiger partial charge in [-0.25, -0.2) is 17.6 Å². The van der Waals surface area contributed by atoms with Crippen LogP contribution in [0.3, 0.4) is 0 Å². The molecule has 150 valence electrons. The summed E-state index contributed by atoms with van der Waals surface area (Å²) >= 11 is 0. The van der Waals surface area contributed by atoms with Gasteiger partial charge in [-0.3, -0.25) is 4.79 Å². The van der Waals surface area contributed by atoms with Gasteiger partial charge in [-0.15, -0.1) is 0 Å². The molecule has 1 atom stereocenters. The fraction of sp³-hybridized carbons (Fsp3) is 0.368. The van der Waals surface area contributed by atoms with Crippen molar-refractivity contribution in [2.24, 2.45) is 0 Å². The minimum atomic E-state index is -3.12. The molecule has 1 amide bonds. The Morgan fingerprint density at radius 3 is 2.54 bits per heavy atom. The summed E-state index contributed by atoms with van der Waals surface area (Å²) < 4.78 is 46.7. The lowest BCUT2D eigenvalue weighted by atomic mass is 10.2. The van der Waals surface area contributed by atoms with Crippen molar-refractivity contribution in [2.75, 3.05) is 24.7 Å². The van der Waals surface area contributed by atoms with E-state index in [0.29, 0.717) is 24.3 Å². The second-order valence-corrected chi connectivity index (χ2v) is 8.71. The molecule has 0 spiro atoms. The first kappa shape index (κ1) is 20.1. The fourth-order valence-corrected chi connectivity index (χ4v) is 4.89. The topological polar surface area (TPSA) is 93.9 Å². The molecule has 2 aromatic rings. The molecular weight excluding hydrogens is 389 g/mol. The average molecular weight is 409 g/mol. The molecule has 0 N–H and O–H groups in total. The first-order chi connectivity index (χ1) is 13.3. The first-order valence-corrected chi connectivity index (χ1v) is 10.6. The Labute approximate surface area is 162 Å². The summed E-state index contributed by atoms with van der Waals surface area (Å²) in [5.41, 5.74) is 0.594. The number of nitrogens with zero attached hydrogens (tertiary/aromatic N) is 1. The number of ether oxygens (including phenoxy) is 1. The molecule has 3 rings (SSSR count). The highest BCUT2D eigenvalue weighted by Gasteiger charge is 2.34. The lowest BCUT2D eigenvalue weighted by Crippen LogP contribution is -2.43. The Morgan fingerprint density at radius 1 is 1.21 bits per heavy atom. The molecule has 28 heavy (non-hydrogen) atoms. The predicted molar refractivity (Wildman–Crippen MR) is 98.8 cm³/mol. The van der Waals surface area contributed by atoms with E-state index in [1.807, 2.05) is 0 Å². The van der Waals surface area contributed by atoms with Crippen molar-refractivity contribution in [2.45, 2.75) is 19.4 Å². The summed E-state index contributed by atoms with van der Waals surface area (Å²) in [6.07, 6.45) is 0.384. The second kappa shape index (κ2) is 8.14. The number of benzene rings is 1. The number of carbonyl (C=O) groups is 2. The van der Waals surface area contributed by atoms with E-state index in [9.17, 15) is 22.4 Å². The van der Waals surface area contributed by atoms with Crippen LogP contribution in [0.5, 0.6) is 0 Å². The van der Waals surface area contributed by atoms with Crippen molar-refractivity contribution in [1.29, 1.82) is 0 Å². The first-order valence-electron chi connectivity index (χ1n) is 8.82. The molecule has 1 unspecified atom stereocenters. The van der Waals surface area contributed by atoms with Crippen LogP contribution in [0.2, 0.25) is 0 Å². The van der Waals surface area contributed by atoms with Crippen LogP contribution in [0.25, 0.3) is 11.3 Å². The second-order valence-electron chi connectivity index (χ2n) is 6.48. The summed E-state index contributed by atoms with van der Waals surface area (Å²) in [6, 6.07) is 8.15. The molecule has 0 bridgehead atoms. The maximum atomic E-state index is 13.0. The van der Waals surface area contributed by atoms with Gasteiger partial charge < -0.3 is 14.1 Å². The van der Waals surface area contributed by atoms with Gasteiger partial charge >= 0.3 is 5.97 Å². The highest BCUT2D eigenvalue weighted by molar-refractivity contribution is 7.91. The standard InChI is InChI=1S/C19H20FNO6S/c1-2-21(15-9-10-28(24,25)12-15)18(22)11-26-19(23)17-8-7-16(27-17)13-3-5-14(20)6-4-13/h3-8,15H,2,9-12H2,1H3. The van der Waals surface area contributed by atoms with Gasteiger partial charge in [0, 0.05) is 18.2 Å². The molecule has 9 heteroatoms. The number of esters is 1. The van der Waals surface area contributed by atoms with Gasteiger partial charge in [0.2, 0.25) is 5.76 Å². The van der Waals surface area contributed by atoms with Crippen LogP contribution in [0.15, 0.2) is 40.8 Å².